The van der Waals surface area contributed by atoms with E-state index in [4.69, 9.17) is 5.11 Å². The molecule has 0 aliphatic rings. The minimum absolute atomic E-state index is 0.570. The molecule has 0 aromatic carbocycles. The Balaban J connectivity index is 3.96. The second kappa shape index (κ2) is 7.74. The third-order valence-corrected chi connectivity index (χ3v) is 4.12. The number of carboxylic acid groups (broad SMARTS) is 1. The van der Waals surface area contributed by atoms with Gasteiger partial charge in [0.2, 0.25) is 0 Å². The lowest BCUT2D eigenvalue weighted by molar-refractivity contribution is -0.144. The highest BCUT2D eigenvalue weighted by molar-refractivity contribution is 5.78. The highest BCUT2D eigenvalue weighted by Gasteiger charge is 2.30. The highest BCUT2D eigenvalue weighted by atomic mass is 16.4. The molecule has 18 heavy (non-hydrogen) atoms. The predicted molar refractivity (Wildman–Crippen MR) is 75.9 cm³/mol. The fraction of sp³-hybridized carbons (Fsp3) is 0.929. The zero-order valence-electron chi connectivity index (χ0n) is 12.8. The first-order valence-corrected chi connectivity index (χ1v) is 6.87. The summed E-state index contributed by atoms with van der Waals surface area (Å²) < 4.78 is 0. The minimum atomic E-state index is -0.789. The number of carboxylic acids is 1. The summed E-state index contributed by atoms with van der Waals surface area (Å²) in [6, 6.07) is 0.570. The fourth-order valence-corrected chi connectivity index (χ4v) is 1.89. The van der Waals surface area contributed by atoms with Gasteiger partial charge in [0.25, 0.3) is 0 Å². The van der Waals surface area contributed by atoms with Gasteiger partial charge >= 0.3 is 5.97 Å². The molecule has 108 valence electrons. The largest absolute Gasteiger partial charge is 0.480 e. The van der Waals surface area contributed by atoms with Crippen molar-refractivity contribution in [3.8, 4) is 0 Å². The number of hydrogen-bond donors (Lipinski definition) is 2. The minimum Gasteiger partial charge on any atom is -0.480 e. The topological polar surface area (TPSA) is 52.6 Å². The van der Waals surface area contributed by atoms with E-state index < -0.39 is 11.5 Å². The van der Waals surface area contributed by atoms with Gasteiger partial charge in [0, 0.05) is 6.04 Å². The lowest BCUT2D eigenvalue weighted by Gasteiger charge is -2.28. The van der Waals surface area contributed by atoms with Crippen molar-refractivity contribution >= 4 is 5.97 Å². The summed E-state index contributed by atoms with van der Waals surface area (Å²) >= 11 is 0. The van der Waals surface area contributed by atoms with E-state index in [0.717, 1.165) is 19.4 Å². The average Bonchev–Trinajstić information content (AvgIpc) is 2.32. The Bertz CT molecular complexity index is 256. The molecule has 0 aromatic rings. The van der Waals surface area contributed by atoms with Crippen molar-refractivity contribution in [2.24, 2.45) is 5.92 Å². The highest BCUT2D eigenvalue weighted by Crippen LogP contribution is 2.15. The number of nitrogens with one attached hydrogen (secondary N) is 1. The van der Waals surface area contributed by atoms with E-state index in [9.17, 15) is 4.79 Å². The lowest BCUT2D eigenvalue weighted by Crippen LogP contribution is -2.47. The molecule has 2 unspecified atom stereocenters. The molecule has 0 spiro atoms. The van der Waals surface area contributed by atoms with E-state index in [-0.39, 0.29) is 0 Å². The average molecular weight is 258 g/mol. The maximum atomic E-state index is 11.1. The summed E-state index contributed by atoms with van der Waals surface area (Å²) in [5.41, 5.74) is -0.789. The van der Waals surface area contributed by atoms with Gasteiger partial charge in [0.05, 0.1) is 0 Å². The fourth-order valence-electron chi connectivity index (χ4n) is 1.89. The smallest absolute Gasteiger partial charge is 0.323 e. The van der Waals surface area contributed by atoms with Crippen LogP contribution in [0.15, 0.2) is 0 Å². The molecule has 0 heterocycles. The SMILES string of the molecule is CNC(C)(CCCCN(C)C(C)C(C)C)C(=O)O. The predicted octanol–water partition coefficient (Wildman–Crippen LogP) is 2.20. The number of carbonyl (C=O) groups is 1. The summed E-state index contributed by atoms with van der Waals surface area (Å²) in [5.74, 6) is -0.120. The molecule has 4 nitrogen and oxygen atoms in total. The third kappa shape index (κ3) is 5.36. The van der Waals surface area contributed by atoms with E-state index in [1.165, 1.54) is 0 Å². The van der Waals surface area contributed by atoms with Gasteiger partial charge < -0.3 is 15.3 Å². The van der Waals surface area contributed by atoms with Crippen LogP contribution in [-0.4, -0.2) is 48.2 Å². The van der Waals surface area contributed by atoms with Crippen molar-refractivity contribution in [3.63, 3.8) is 0 Å². The van der Waals surface area contributed by atoms with Gasteiger partial charge in [-0.2, -0.15) is 0 Å². The summed E-state index contributed by atoms with van der Waals surface area (Å²) in [6.07, 6.45) is 2.64. The van der Waals surface area contributed by atoms with Crippen LogP contribution in [0.5, 0.6) is 0 Å². The van der Waals surface area contributed by atoms with Gasteiger partial charge in [-0.25, -0.2) is 0 Å². The van der Waals surface area contributed by atoms with Crippen molar-refractivity contribution in [1.82, 2.24) is 10.2 Å². The van der Waals surface area contributed by atoms with E-state index in [0.29, 0.717) is 18.4 Å². The Hall–Kier alpha value is -0.610. The number of hydrogen-bond acceptors (Lipinski definition) is 3. The summed E-state index contributed by atoms with van der Waals surface area (Å²) in [6.45, 7) is 9.46. The van der Waals surface area contributed by atoms with E-state index in [2.05, 4.69) is 38.0 Å². The van der Waals surface area contributed by atoms with Gasteiger partial charge in [-0.3, -0.25) is 4.79 Å². The van der Waals surface area contributed by atoms with Gasteiger partial charge in [0.15, 0.2) is 0 Å². The summed E-state index contributed by atoms with van der Waals surface area (Å²) in [7, 11) is 3.85. The Morgan fingerprint density at radius 3 is 2.28 bits per heavy atom. The Morgan fingerprint density at radius 2 is 1.89 bits per heavy atom. The number of aliphatic carboxylic acids is 1. The van der Waals surface area contributed by atoms with E-state index in [1.807, 2.05) is 0 Å². The molecule has 0 saturated heterocycles. The van der Waals surface area contributed by atoms with Crippen LogP contribution >= 0.6 is 0 Å². The zero-order valence-corrected chi connectivity index (χ0v) is 12.8. The monoisotopic (exact) mass is 258 g/mol. The van der Waals surface area contributed by atoms with Crippen molar-refractivity contribution in [3.05, 3.63) is 0 Å². The zero-order chi connectivity index (χ0) is 14.3. The molecule has 0 amide bonds. The maximum Gasteiger partial charge on any atom is 0.323 e. The Labute approximate surface area is 112 Å². The molecule has 0 aromatic heterocycles. The standard InChI is InChI=1S/C14H30N2O2/c1-11(2)12(3)16(6)10-8-7-9-14(4,15-5)13(17)18/h11-12,15H,7-10H2,1-6H3,(H,17,18). The molecule has 2 N–H and O–H groups in total. The van der Waals surface area contributed by atoms with E-state index >= 15 is 0 Å². The van der Waals surface area contributed by atoms with Gasteiger partial charge in [-0.15, -0.1) is 0 Å². The Kier molecular flexibility index (Phi) is 7.48. The van der Waals surface area contributed by atoms with Crippen LogP contribution in [0.4, 0.5) is 0 Å². The first kappa shape index (κ1) is 17.4. The van der Waals surface area contributed by atoms with Crippen LogP contribution in [-0.2, 0) is 4.79 Å². The van der Waals surface area contributed by atoms with E-state index in [1.54, 1.807) is 14.0 Å². The molecule has 0 saturated carbocycles. The molecule has 4 heteroatoms. The van der Waals surface area contributed by atoms with Crippen LogP contribution < -0.4 is 5.32 Å². The molecule has 0 bridgehead atoms. The molecule has 0 radical (unpaired) electrons. The van der Waals surface area contributed by atoms with Crippen molar-refractivity contribution in [2.45, 2.75) is 58.5 Å². The molecule has 0 aliphatic heterocycles. The third-order valence-electron chi connectivity index (χ3n) is 4.12. The van der Waals surface area contributed by atoms with Crippen LogP contribution in [0, 0.1) is 5.92 Å². The quantitative estimate of drug-likeness (QED) is 0.623. The molecular formula is C14H30N2O2. The molecule has 0 aliphatic carbocycles. The second-order valence-electron chi connectivity index (χ2n) is 5.81. The second-order valence-corrected chi connectivity index (χ2v) is 5.81. The number of likely N-dealkylation sites (N-methyl/N-ethyl adjacent to an activating group) is 1. The van der Waals surface area contributed by atoms with Gasteiger partial charge in [-0.05, 0) is 59.7 Å². The molecule has 0 rings (SSSR count). The number of unbranched alkanes of at least 4 members (excludes halogenated alkanes) is 1. The lowest BCUT2D eigenvalue weighted by atomic mass is 9.95. The summed E-state index contributed by atoms with van der Waals surface area (Å²) in [5, 5.41) is 12.0. The van der Waals surface area contributed by atoms with Crippen LogP contribution in [0.3, 0.4) is 0 Å². The Morgan fingerprint density at radius 1 is 1.33 bits per heavy atom. The van der Waals surface area contributed by atoms with Crippen LogP contribution in [0.1, 0.15) is 47.0 Å². The summed E-state index contributed by atoms with van der Waals surface area (Å²) in [4.78, 5) is 13.5. The number of nitrogens with zero attached hydrogens (tertiary/aromatic N) is 1. The van der Waals surface area contributed by atoms with Crippen molar-refractivity contribution < 1.29 is 9.90 Å². The van der Waals surface area contributed by atoms with Crippen molar-refractivity contribution in [1.29, 1.82) is 0 Å². The first-order valence-electron chi connectivity index (χ1n) is 6.87. The van der Waals surface area contributed by atoms with Crippen LogP contribution in [0.25, 0.3) is 0 Å². The molecule has 2 atom stereocenters. The molecule has 0 fully saturated rings. The maximum absolute atomic E-state index is 11.1. The van der Waals surface area contributed by atoms with Gasteiger partial charge in [-0.1, -0.05) is 13.8 Å². The molecular weight excluding hydrogens is 228 g/mol. The normalized spacial score (nSPS) is 16.9. The first-order chi connectivity index (χ1) is 8.24. The van der Waals surface area contributed by atoms with Crippen LogP contribution in [0.2, 0.25) is 0 Å². The van der Waals surface area contributed by atoms with Gasteiger partial charge in [0.1, 0.15) is 5.54 Å². The van der Waals surface area contributed by atoms with Crippen molar-refractivity contribution in [2.75, 3.05) is 20.6 Å². The number of rotatable bonds is 9.